The van der Waals surface area contributed by atoms with E-state index in [9.17, 15) is 14.3 Å². The van der Waals surface area contributed by atoms with Crippen LogP contribution in [0.2, 0.25) is 5.02 Å². The van der Waals surface area contributed by atoms with Gasteiger partial charge in [-0.25, -0.2) is 9.37 Å². The number of phenols is 1. The van der Waals surface area contributed by atoms with Crippen LogP contribution < -0.4 is 10.1 Å². The molecular formula is C26H30ClFN4O3. The number of rotatable bonds is 5. The molecule has 7 nitrogen and oxygen atoms in total. The quantitative estimate of drug-likeness (QED) is 0.591. The summed E-state index contributed by atoms with van der Waals surface area (Å²) in [6.45, 7) is 10.6. The topological polar surface area (TPSA) is 77.9 Å². The van der Waals surface area contributed by atoms with Crippen LogP contribution in [-0.4, -0.2) is 63.6 Å². The molecule has 3 aliphatic rings. The molecule has 2 N–H and O–H groups in total. The predicted octanol–water partition coefficient (Wildman–Crippen LogP) is 4.44. The lowest BCUT2D eigenvalue weighted by molar-refractivity contribution is -0.129. The van der Waals surface area contributed by atoms with Gasteiger partial charge in [-0.3, -0.25) is 9.69 Å². The Kier molecular flexibility index (Phi) is 6.13. The van der Waals surface area contributed by atoms with Gasteiger partial charge in [0.25, 0.3) is 0 Å². The van der Waals surface area contributed by atoms with Crippen LogP contribution in [0.1, 0.15) is 32.3 Å². The number of carbonyl (C=O) groups is 1. The van der Waals surface area contributed by atoms with Gasteiger partial charge in [-0.1, -0.05) is 38.1 Å². The van der Waals surface area contributed by atoms with E-state index in [0.29, 0.717) is 50.3 Å². The monoisotopic (exact) mass is 500 g/mol. The fourth-order valence-corrected chi connectivity index (χ4v) is 5.38. The van der Waals surface area contributed by atoms with Crippen LogP contribution in [0.25, 0.3) is 11.3 Å². The van der Waals surface area contributed by atoms with Gasteiger partial charge in [-0.05, 0) is 37.0 Å². The second kappa shape index (κ2) is 8.99. The summed E-state index contributed by atoms with van der Waals surface area (Å²) in [5.74, 6) is 0.461. The molecule has 0 spiro atoms. The van der Waals surface area contributed by atoms with Gasteiger partial charge in [0.2, 0.25) is 5.91 Å². The average Bonchev–Trinajstić information content (AvgIpc) is 3.64. The average molecular weight is 501 g/mol. The largest absolute Gasteiger partial charge is 0.507 e. The lowest BCUT2D eigenvalue weighted by atomic mass is 10.0. The molecule has 0 radical (unpaired) electrons. The zero-order valence-corrected chi connectivity index (χ0v) is 20.7. The maximum Gasteiger partial charge on any atom is 0.246 e. The van der Waals surface area contributed by atoms with E-state index >= 15 is 0 Å². The molecule has 0 unspecified atom stereocenters. The van der Waals surface area contributed by atoms with Gasteiger partial charge in [0.15, 0.2) is 0 Å². The Morgan fingerprint density at radius 2 is 2.17 bits per heavy atom. The van der Waals surface area contributed by atoms with E-state index in [1.54, 1.807) is 4.90 Å². The van der Waals surface area contributed by atoms with Crippen molar-refractivity contribution >= 4 is 23.3 Å². The van der Waals surface area contributed by atoms with Crippen molar-refractivity contribution in [2.45, 2.75) is 44.8 Å². The molecule has 1 aliphatic carbocycles. The number of aromatic nitrogens is 1. The Balaban J connectivity index is 1.59. The first-order chi connectivity index (χ1) is 16.7. The van der Waals surface area contributed by atoms with E-state index in [1.807, 2.05) is 0 Å². The van der Waals surface area contributed by atoms with Gasteiger partial charge < -0.3 is 20.1 Å². The van der Waals surface area contributed by atoms with Crippen LogP contribution in [0.3, 0.4) is 0 Å². The van der Waals surface area contributed by atoms with Crippen LogP contribution >= 0.6 is 11.6 Å². The summed E-state index contributed by atoms with van der Waals surface area (Å²) < 4.78 is 21.1. The summed E-state index contributed by atoms with van der Waals surface area (Å²) in [6.07, 6.45) is 3.35. The third kappa shape index (κ3) is 4.23. The number of nitrogens with one attached hydrogen (secondary N) is 1. The number of fused-ring (bicyclic) bond motifs is 2. The number of amides is 1. The summed E-state index contributed by atoms with van der Waals surface area (Å²) in [4.78, 5) is 21.0. The standard InChI is InChI=1S/C26H30ClFN4O3/c1-4-20(34)32-11-10-31-13-17-24(35-14-16(31)12-32)22(27)23(21-18(28)6-5-7-19(21)33)29-25(17)30-26(8-9-26)15(2)3/h4-7,15-16,33H,1,8-14H2,2-3H3,(H,29,30)/t16-/m1/s1. The molecule has 35 heavy (non-hydrogen) atoms. The molecule has 2 aliphatic heterocycles. The molecular weight excluding hydrogens is 471 g/mol. The van der Waals surface area contributed by atoms with Crippen molar-refractivity contribution < 1.29 is 19.0 Å². The Morgan fingerprint density at radius 1 is 1.40 bits per heavy atom. The minimum Gasteiger partial charge on any atom is -0.507 e. The van der Waals surface area contributed by atoms with Crippen molar-refractivity contribution in [3.05, 3.63) is 47.3 Å². The van der Waals surface area contributed by atoms with Gasteiger partial charge in [-0.15, -0.1) is 0 Å². The zero-order valence-electron chi connectivity index (χ0n) is 20.0. The molecule has 5 rings (SSSR count). The first-order valence-electron chi connectivity index (χ1n) is 12.0. The molecule has 0 bridgehead atoms. The van der Waals surface area contributed by atoms with Crippen LogP contribution in [0.5, 0.6) is 11.5 Å². The number of phenolic OH excluding ortho intramolecular Hbond substituents is 1. The summed E-state index contributed by atoms with van der Waals surface area (Å²) in [7, 11) is 0. The predicted molar refractivity (Wildman–Crippen MR) is 133 cm³/mol. The lowest BCUT2D eigenvalue weighted by Crippen LogP contribution is -2.55. The SMILES string of the molecule is C=CC(=O)N1CCN2Cc3c(NC4(C(C)C)CC4)nc(-c4c(O)cccc4F)c(Cl)c3OC[C@H]2C1. The molecule has 1 saturated heterocycles. The highest BCUT2D eigenvalue weighted by Crippen LogP contribution is 2.49. The van der Waals surface area contributed by atoms with Gasteiger partial charge in [-0.2, -0.15) is 0 Å². The minimum atomic E-state index is -0.611. The Morgan fingerprint density at radius 3 is 2.83 bits per heavy atom. The van der Waals surface area contributed by atoms with E-state index < -0.39 is 5.82 Å². The Hall–Kier alpha value is -2.84. The van der Waals surface area contributed by atoms with Crippen molar-refractivity contribution in [3.8, 4) is 22.8 Å². The van der Waals surface area contributed by atoms with Gasteiger partial charge in [0.05, 0.1) is 17.2 Å². The number of nitrogens with zero attached hydrogens (tertiary/aromatic N) is 3. The molecule has 186 valence electrons. The normalized spacial score (nSPS) is 20.9. The Labute approximate surface area is 209 Å². The van der Waals surface area contributed by atoms with Crippen molar-refractivity contribution in [2.75, 3.05) is 31.6 Å². The second-order valence-electron chi connectivity index (χ2n) is 9.92. The molecule has 3 heterocycles. The number of aromatic hydroxyl groups is 1. The van der Waals surface area contributed by atoms with Crippen molar-refractivity contribution in [1.29, 1.82) is 0 Å². The number of ether oxygens (including phenoxy) is 1. The van der Waals surface area contributed by atoms with Crippen molar-refractivity contribution in [3.63, 3.8) is 0 Å². The number of anilines is 1. The van der Waals surface area contributed by atoms with E-state index in [2.05, 4.69) is 30.6 Å². The molecule has 2 aromatic rings. The number of benzene rings is 1. The van der Waals surface area contributed by atoms with Crippen molar-refractivity contribution in [1.82, 2.24) is 14.8 Å². The van der Waals surface area contributed by atoms with E-state index in [0.717, 1.165) is 18.4 Å². The van der Waals surface area contributed by atoms with E-state index in [1.165, 1.54) is 24.3 Å². The fourth-order valence-electron chi connectivity index (χ4n) is 5.08. The Bertz CT molecular complexity index is 1160. The number of piperazine rings is 1. The minimum absolute atomic E-state index is 0.0331. The molecule has 2 fully saturated rings. The fraction of sp³-hybridized carbons (Fsp3) is 0.462. The molecule has 1 saturated carbocycles. The van der Waals surface area contributed by atoms with Crippen molar-refractivity contribution in [2.24, 2.45) is 5.92 Å². The van der Waals surface area contributed by atoms with Crippen LogP contribution in [0.4, 0.5) is 10.2 Å². The van der Waals surface area contributed by atoms with Crippen LogP contribution in [0.15, 0.2) is 30.9 Å². The second-order valence-corrected chi connectivity index (χ2v) is 10.3. The van der Waals surface area contributed by atoms with E-state index in [4.69, 9.17) is 21.3 Å². The summed E-state index contributed by atoms with van der Waals surface area (Å²) in [5.41, 5.74) is 0.814. The highest BCUT2D eigenvalue weighted by molar-refractivity contribution is 6.35. The maximum atomic E-state index is 14.9. The molecule has 1 aromatic heterocycles. The maximum absolute atomic E-state index is 14.9. The van der Waals surface area contributed by atoms with Crippen LogP contribution in [-0.2, 0) is 11.3 Å². The summed E-state index contributed by atoms with van der Waals surface area (Å²) in [6, 6.07) is 4.09. The van der Waals surface area contributed by atoms with Gasteiger partial charge >= 0.3 is 0 Å². The zero-order chi connectivity index (χ0) is 24.9. The number of halogens is 2. The summed E-state index contributed by atoms with van der Waals surface area (Å²) in [5, 5.41) is 14.3. The van der Waals surface area contributed by atoms with E-state index in [-0.39, 0.29) is 39.5 Å². The number of hydrogen-bond acceptors (Lipinski definition) is 6. The first-order valence-corrected chi connectivity index (χ1v) is 12.4. The molecule has 1 atom stereocenters. The number of carbonyl (C=O) groups excluding carboxylic acids is 1. The van der Waals surface area contributed by atoms with Gasteiger partial charge in [0, 0.05) is 31.7 Å². The number of hydrogen-bond donors (Lipinski definition) is 2. The highest BCUT2D eigenvalue weighted by Gasteiger charge is 2.47. The summed E-state index contributed by atoms with van der Waals surface area (Å²) >= 11 is 6.81. The third-order valence-electron chi connectivity index (χ3n) is 7.55. The molecule has 1 aromatic carbocycles. The molecule has 1 amide bonds. The third-order valence-corrected chi connectivity index (χ3v) is 7.90. The lowest BCUT2D eigenvalue weighted by Gasteiger charge is -2.39. The molecule has 9 heteroatoms. The first kappa shape index (κ1) is 23.9. The number of pyridine rings is 1. The highest BCUT2D eigenvalue weighted by atomic mass is 35.5. The van der Waals surface area contributed by atoms with Crippen LogP contribution in [0, 0.1) is 11.7 Å². The smallest absolute Gasteiger partial charge is 0.246 e. The van der Waals surface area contributed by atoms with Gasteiger partial charge in [0.1, 0.15) is 40.5 Å².